The highest BCUT2D eigenvalue weighted by molar-refractivity contribution is 7.99. The number of hydrazone groups is 1. The molecular formula is C14H12FN3OS. The zero-order valence-corrected chi connectivity index (χ0v) is 11.3. The molecule has 2 aromatic rings. The predicted octanol–water partition coefficient (Wildman–Crippen LogP) is 2.46. The van der Waals surface area contributed by atoms with E-state index < -0.39 is 0 Å². The predicted molar refractivity (Wildman–Crippen MR) is 77.1 cm³/mol. The Balaban J connectivity index is 1.79. The second-order valence-electron chi connectivity index (χ2n) is 3.77. The Hall–Kier alpha value is -2.21. The first kappa shape index (κ1) is 14.2. The monoisotopic (exact) mass is 289 g/mol. The van der Waals surface area contributed by atoms with Crippen LogP contribution in [0.4, 0.5) is 4.39 Å². The zero-order valence-electron chi connectivity index (χ0n) is 10.5. The maximum absolute atomic E-state index is 13.3. The number of carbonyl (C=O) groups is 1. The Kier molecular flexibility index (Phi) is 5.25. The third-order valence-electron chi connectivity index (χ3n) is 2.29. The molecule has 2 rings (SSSR count). The van der Waals surface area contributed by atoms with Crippen LogP contribution < -0.4 is 5.43 Å². The Labute approximate surface area is 120 Å². The largest absolute Gasteiger partial charge is 0.272 e. The van der Waals surface area contributed by atoms with Gasteiger partial charge in [-0.05, 0) is 18.2 Å². The van der Waals surface area contributed by atoms with Crippen LogP contribution in [0.2, 0.25) is 0 Å². The minimum atomic E-state index is -0.381. The molecule has 20 heavy (non-hydrogen) atoms. The first-order valence-electron chi connectivity index (χ1n) is 5.86. The van der Waals surface area contributed by atoms with E-state index in [2.05, 4.69) is 15.5 Å². The number of nitrogens with one attached hydrogen (secondary N) is 1. The summed E-state index contributed by atoms with van der Waals surface area (Å²) in [6.45, 7) is 0. The van der Waals surface area contributed by atoms with E-state index in [1.54, 1.807) is 24.4 Å². The van der Waals surface area contributed by atoms with Gasteiger partial charge in [0.15, 0.2) is 0 Å². The summed E-state index contributed by atoms with van der Waals surface area (Å²) in [5.74, 6) is -0.451. The van der Waals surface area contributed by atoms with Crippen molar-refractivity contribution in [1.82, 2.24) is 10.4 Å². The molecule has 0 atom stereocenters. The summed E-state index contributed by atoms with van der Waals surface area (Å²) >= 11 is 1.31. The van der Waals surface area contributed by atoms with Crippen LogP contribution in [0.3, 0.4) is 0 Å². The van der Waals surface area contributed by atoms with E-state index in [0.717, 1.165) is 5.03 Å². The highest BCUT2D eigenvalue weighted by Gasteiger charge is 2.02. The number of hydrogen-bond acceptors (Lipinski definition) is 4. The number of carbonyl (C=O) groups excluding carboxylic acids is 1. The second kappa shape index (κ2) is 7.40. The van der Waals surface area contributed by atoms with Gasteiger partial charge in [-0.2, -0.15) is 5.10 Å². The summed E-state index contributed by atoms with van der Waals surface area (Å²) in [5, 5.41) is 4.48. The number of thioether (sulfide) groups is 1. The minimum absolute atomic E-state index is 0.200. The molecule has 1 N–H and O–H groups in total. The lowest BCUT2D eigenvalue weighted by atomic mass is 10.2. The summed E-state index contributed by atoms with van der Waals surface area (Å²) in [4.78, 5) is 15.6. The van der Waals surface area contributed by atoms with Gasteiger partial charge in [-0.15, -0.1) is 0 Å². The summed E-state index contributed by atoms with van der Waals surface area (Å²) in [6.07, 6.45) is 2.94. The quantitative estimate of drug-likeness (QED) is 0.522. The Morgan fingerprint density at radius 3 is 2.85 bits per heavy atom. The maximum Gasteiger partial charge on any atom is 0.250 e. The average molecular weight is 289 g/mol. The van der Waals surface area contributed by atoms with Gasteiger partial charge in [0.05, 0.1) is 17.0 Å². The van der Waals surface area contributed by atoms with E-state index in [9.17, 15) is 9.18 Å². The average Bonchev–Trinajstić information content (AvgIpc) is 2.48. The molecule has 1 amide bonds. The van der Waals surface area contributed by atoms with Crippen molar-refractivity contribution in [3.05, 3.63) is 60.0 Å². The van der Waals surface area contributed by atoms with Crippen LogP contribution in [0.1, 0.15) is 5.56 Å². The minimum Gasteiger partial charge on any atom is -0.272 e. The lowest BCUT2D eigenvalue weighted by Gasteiger charge is -2.00. The number of hydrogen-bond donors (Lipinski definition) is 1. The van der Waals surface area contributed by atoms with Crippen LogP contribution in [0, 0.1) is 5.82 Å². The van der Waals surface area contributed by atoms with Crippen molar-refractivity contribution in [1.29, 1.82) is 0 Å². The fraction of sp³-hybridized carbons (Fsp3) is 0.0714. The first-order chi connectivity index (χ1) is 9.75. The zero-order chi connectivity index (χ0) is 14.2. The number of halogens is 1. The lowest BCUT2D eigenvalue weighted by Crippen LogP contribution is -2.19. The first-order valence-corrected chi connectivity index (χ1v) is 6.84. The van der Waals surface area contributed by atoms with Crippen LogP contribution in [0.15, 0.2) is 58.8 Å². The van der Waals surface area contributed by atoms with Gasteiger partial charge < -0.3 is 0 Å². The van der Waals surface area contributed by atoms with Crippen LogP contribution >= 0.6 is 11.8 Å². The van der Waals surface area contributed by atoms with Crippen molar-refractivity contribution in [2.24, 2.45) is 5.10 Å². The fourth-order valence-electron chi connectivity index (χ4n) is 1.36. The number of nitrogens with zero attached hydrogens (tertiary/aromatic N) is 2. The normalized spacial score (nSPS) is 10.7. The number of amides is 1. The van der Waals surface area contributed by atoms with Gasteiger partial charge in [-0.1, -0.05) is 36.0 Å². The molecule has 0 fully saturated rings. The van der Waals surface area contributed by atoms with Crippen LogP contribution in [0.25, 0.3) is 0 Å². The highest BCUT2D eigenvalue weighted by atomic mass is 32.2. The number of benzene rings is 1. The number of pyridine rings is 1. The third-order valence-corrected chi connectivity index (χ3v) is 3.23. The maximum atomic E-state index is 13.3. The molecule has 0 aliphatic heterocycles. The molecular weight excluding hydrogens is 277 g/mol. The topological polar surface area (TPSA) is 54.4 Å². The van der Waals surface area contributed by atoms with E-state index in [1.807, 2.05) is 18.2 Å². The Morgan fingerprint density at radius 2 is 2.10 bits per heavy atom. The van der Waals surface area contributed by atoms with Crippen molar-refractivity contribution < 1.29 is 9.18 Å². The molecule has 0 aliphatic rings. The summed E-state index contributed by atoms with van der Waals surface area (Å²) in [6, 6.07) is 11.7. The van der Waals surface area contributed by atoms with Crippen molar-refractivity contribution in [2.45, 2.75) is 5.03 Å². The smallest absolute Gasteiger partial charge is 0.250 e. The lowest BCUT2D eigenvalue weighted by molar-refractivity contribution is -0.118. The standard InChI is InChI=1S/C14H12FN3OS/c15-12-6-2-1-5-11(12)9-17-18-13(19)10-20-14-7-3-4-8-16-14/h1-9H,10H2,(H,18,19). The highest BCUT2D eigenvalue weighted by Crippen LogP contribution is 2.12. The second-order valence-corrected chi connectivity index (χ2v) is 4.77. The summed E-state index contributed by atoms with van der Waals surface area (Å²) < 4.78 is 13.3. The van der Waals surface area contributed by atoms with Gasteiger partial charge in [0.1, 0.15) is 5.82 Å². The molecule has 1 heterocycles. The van der Waals surface area contributed by atoms with Gasteiger partial charge in [0.25, 0.3) is 0 Å². The molecule has 0 unspecified atom stereocenters. The molecule has 0 saturated heterocycles. The number of aromatic nitrogens is 1. The number of rotatable bonds is 5. The molecule has 0 aliphatic carbocycles. The SMILES string of the molecule is O=C(CSc1ccccn1)NN=Cc1ccccc1F. The van der Waals surface area contributed by atoms with Crippen LogP contribution in [-0.2, 0) is 4.79 Å². The van der Waals surface area contributed by atoms with Gasteiger partial charge in [-0.3, -0.25) is 4.79 Å². The molecule has 0 saturated carbocycles. The summed E-state index contributed by atoms with van der Waals surface area (Å²) in [7, 11) is 0. The molecule has 6 heteroatoms. The Morgan fingerprint density at radius 1 is 1.30 bits per heavy atom. The Bertz CT molecular complexity index is 604. The molecule has 0 spiro atoms. The van der Waals surface area contributed by atoms with Crippen LogP contribution in [0.5, 0.6) is 0 Å². The fourth-order valence-corrected chi connectivity index (χ4v) is 2.01. The molecule has 0 radical (unpaired) electrons. The molecule has 102 valence electrons. The van der Waals surface area contributed by atoms with E-state index in [1.165, 1.54) is 24.0 Å². The van der Waals surface area contributed by atoms with E-state index >= 15 is 0 Å². The van der Waals surface area contributed by atoms with Gasteiger partial charge in [-0.25, -0.2) is 14.8 Å². The molecule has 1 aromatic carbocycles. The molecule has 0 bridgehead atoms. The van der Waals surface area contributed by atoms with Crippen molar-refractivity contribution >= 4 is 23.9 Å². The van der Waals surface area contributed by atoms with Crippen molar-refractivity contribution in [2.75, 3.05) is 5.75 Å². The van der Waals surface area contributed by atoms with Crippen molar-refractivity contribution in [3.63, 3.8) is 0 Å². The van der Waals surface area contributed by atoms with Gasteiger partial charge >= 0.3 is 0 Å². The van der Waals surface area contributed by atoms with Crippen molar-refractivity contribution in [3.8, 4) is 0 Å². The van der Waals surface area contributed by atoms with E-state index in [-0.39, 0.29) is 17.5 Å². The van der Waals surface area contributed by atoms with Crippen LogP contribution in [-0.4, -0.2) is 22.9 Å². The van der Waals surface area contributed by atoms with Gasteiger partial charge in [0, 0.05) is 11.8 Å². The van der Waals surface area contributed by atoms with E-state index in [4.69, 9.17) is 0 Å². The summed E-state index contributed by atoms with van der Waals surface area (Å²) in [5.41, 5.74) is 2.67. The van der Waals surface area contributed by atoms with E-state index in [0.29, 0.717) is 5.56 Å². The molecule has 4 nitrogen and oxygen atoms in total. The van der Waals surface area contributed by atoms with Gasteiger partial charge in [0.2, 0.25) is 5.91 Å². The molecule has 1 aromatic heterocycles. The third kappa shape index (κ3) is 4.47.